The highest BCUT2D eigenvalue weighted by molar-refractivity contribution is 7.88. The highest BCUT2D eigenvalue weighted by Gasteiger charge is 2.24. The number of sulfonamides is 1. The molecule has 0 aromatic heterocycles. The Balaban J connectivity index is 1.59. The Labute approximate surface area is 141 Å². The van der Waals surface area contributed by atoms with Gasteiger partial charge in [0.2, 0.25) is 10.0 Å². The van der Waals surface area contributed by atoms with Crippen molar-refractivity contribution in [3.05, 3.63) is 0 Å². The fraction of sp³-hybridized carbons (Fsp3) is 1.00. The van der Waals surface area contributed by atoms with E-state index in [0.29, 0.717) is 18.8 Å². The lowest BCUT2D eigenvalue weighted by atomic mass is 9.93. The highest BCUT2D eigenvalue weighted by atomic mass is 32.2. The van der Waals surface area contributed by atoms with Gasteiger partial charge in [0.15, 0.2) is 0 Å². The van der Waals surface area contributed by atoms with E-state index in [1.54, 1.807) is 0 Å². The molecule has 7 heteroatoms. The first-order valence-electron chi connectivity index (χ1n) is 8.86. The monoisotopic (exact) mass is 347 g/mol. The molecule has 0 aromatic carbocycles. The summed E-state index contributed by atoms with van der Waals surface area (Å²) in [7, 11) is -3.06. The molecule has 0 bridgehead atoms. The summed E-state index contributed by atoms with van der Waals surface area (Å²) >= 11 is 0. The molecule has 0 aliphatic carbocycles. The fourth-order valence-corrected chi connectivity index (χ4v) is 4.18. The molecule has 0 aromatic rings. The molecular formula is C16H33N3O3S. The molecule has 2 rings (SSSR count). The normalized spacial score (nSPS) is 29.0. The van der Waals surface area contributed by atoms with Crippen LogP contribution in [0.15, 0.2) is 0 Å². The molecule has 2 aliphatic rings. The van der Waals surface area contributed by atoms with Crippen molar-refractivity contribution < 1.29 is 13.2 Å². The van der Waals surface area contributed by atoms with Crippen LogP contribution >= 0.6 is 0 Å². The van der Waals surface area contributed by atoms with Gasteiger partial charge < -0.3 is 9.64 Å². The van der Waals surface area contributed by atoms with Crippen molar-refractivity contribution in [2.24, 2.45) is 5.92 Å². The van der Waals surface area contributed by atoms with Crippen LogP contribution in [-0.2, 0) is 14.8 Å². The molecule has 2 atom stereocenters. The Bertz CT molecular complexity index is 439. The molecule has 2 saturated heterocycles. The number of morpholine rings is 1. The predicted octanol–water partition coefficient (Wildman–Crippen LogP) is 0.747. The number of likely N-dealkylation sites (tertiary alicyclic amines) is 1. The van der Waals surface area contributed by atoms with Gasteiger partial charge in [-0.15, -0.1) is 0 Å². The summed E-state index contributed by atoms with van der Waals surface area (Å²) in [5.41, 5.74) is 0. The summed E-state index contributed by atoms with van der Waals surface area (Å²) in [5, 5.41) is 0. The molecule has 0 spiro atoms. The number of piperidine rings is 1. The first-order valence-corrected chi connectivity index (χ1v) is 10.8. The fourth-order valence-electron chi connectivity index (χ4n) is 3.72. The van der Waals surface area contributed by atoms with Crippen molar-refractivity contribution in [3.63, 3.8) is 0 Å². The lowest BCUT2D eigenvalue weighted by Gasteiger charge is -2.37. The number of hydrogen-bond donors (Lipinski definition) is 1. The van der Waals surface area contributed by atoms with Gasteiger partial charge in [-0.25, -0.2) is 13.1 Å². The molecule has 6 nitrogen and oxygen atoms in total. The van der Waals surface area contributed by atoms with E-state index in [4.69, 9.17) is 4.74 Å². The molecule has 2 fully saturated rings. The zero-order valence-electron chi connectivity index (χ0n) is 14.8. The lowest BCUT2D eigenvalue weighted by Crippen LogP contribution is -2.46. The molecule has 0 amide bonds. The number of rotatable bonds is 7. The third-order valence-corrected chi connectivity index (χ3v) is 5.58. The molecular weight excluding hydrogens is 314 g/mol. The average Bonchev–Trinajstić information content (AvgIpc) is 2.44. The minimum atomic E-state index is -3.06. The number of hydrogen-bond acceptors (Lipinski definition) is 5. The number of nitrogens with zero attached hydrogens (tertiary/aromatic N) is 2. The third kappa shape index (κ3) is 7.47. The Morgan fingerprint density at radius 3 is 2.22 bits per heavy atom. The molecule has 0 unspecified atom stereocenters. The SMILES string of the molecule is C[C@H]1CN(CCC2CCN(CCNS(C)(=O)=O)CC2)C[C@H](C)O1. The minimum absolute atomic E-state index is 0.350. The summed E-state index contributed by atoms with van der Waals surface area (Å²) in [4.78, 5) is 4.91. The van der Waals surface area contributed by atoms with E-state index in [1.165, 1.54) is 32.1 Å². The molecule has 23 heavy (non-hydrogen) atoms. The first-order chi connectivity index (χ1) is 10.8. The second-order valence-corrected chi connectivity index (χ2v) is 9.09. The third-order valence-electron chi connectivity index (χ3n) is 4.85. The number of nitrogens with one attached hydrogen (secondary N) is 1. The van der Waals surface area contributed by atoms with Crippen LogP contribution in [-0.4, -0.2) is 82.5 Å². The van der Waals surface area contributed by atoms with Crippen LogP contribution < -0.4 is 4.72 Å². The average molecular weight is 348 g/mol. The molecule has 2 heterocycles. The minimum Gasteiger partial charge on any atom is -0.373 e. The van der Waals surface area contributed by atoms with Crippen LogP contribution in [0.2, 0.25) is 0 Å². The molecule has 0 saturated carbocycles. The van der Waals surface area contributed by atoms with Crippen LogP contribution in [0.5, 0.6) is 0 Å². The van der Waals surface area contributed by atoms with Gasteiger partial charge in [0, 0.05) is 26.2 Å². The maximum Gasteiger partial charge on any atom is 0.208 e. The van der Waals surface area contributed by atoms with Crippen molar-refractivity contribution in [3.8, 4) is 0 Å². The van der Waals surface area contributed by atoms with Gasteiger partial charge in [-0.2, -0.15) is 0 Å². The van der Waals surface area contributed by atoms with E-state index in [1.807, 2.05) is 0 Å². The van der Waals surface area contributed by atoms with Gasteiger partial charge >= 0.3 is 0 Å². The van der Waals surface area contributed by atoms with E-state index in [2.05, 4.69) is 28.4 Å². The number of ether oxygens (including phenoxy) is 1. The molecule has 1 N–H and O–H groups in total. The van der Waals surface area contributed by atoms with Crippen molar-refractivity contribution in [2.45, 2.75) is 45.3 Å². The van der Waals surface area contributed by atoms with Crippen LogP contribution in [0.1, 0.15) is 33.1 Å². The second-order valence-electron chi connectivity index (χ2n) is 7.26. The summed E-state index contributed by atoms with van der Waals surface area (Å²) in [6, 6.07) is 0. The van der Waals surface area contributed by atoms with Gasteiger partial charge in [-0.05, 0) is 58.7 Å². The Hall–Kier alpha value is -0.210. The smallest absolute Gasteiger partial charge is 0.208 e. The molecule has 136 valence electrons. The van der Waals surface area contributed by atoms with Gasteiger partial charge in [0.1, 0.15) is 0 Å². The highest BCUT2D eigenvalue weighted by Crippen LogP contribution is 2.21. The second kappa shape index (κ2) is 8.76. The van der Waals surface area contributed by atoms with Gasteiger partial charge in [-0.1, -0.05) is 0 Å². The standard InChI is InChI=1S/C16H33N3O3S/c1-14-12-19(13-15(2)22-14)10-6-16-4-8-18(9-5-16)11-7-17-23(3,20)21/h14-17H,4-13H2,1-3H3/t14-,15-/m0/s1. The predicted molar refractivity (Wildman–Crippen MR) is 93.1 cm³/mol. The van der Waals surface area contributed by atoms with Crippen LogP contribution in [0.4, 0.5) is 0 Å². The Kier molecular flexibility index (Phi) is 7.28. The zero-order chi connectivity index (χ0) is 16.9. The Morgan fingerprint density at radius 2 is 1.65 bits per heavy atom. The van der Waals surface area contributed by atoms with Gasteiger partial charge in [0.25, 0.3) is 0 Å². The maximum atomic E-state index is 11.1. The Morgan fingerprint density at radius 1 is 1.04 bits per heavy atom. The van der Waals surface area contributed by atoms with Gasteiger partial charge in [-0.3, -0.25) is 4.90 Å². The van der Waals surface area contributed by atoms with E-state index in [0.717, 1.165) is 38.6 Å². The first kappa shape index (κ1) is 19.1. The van der Waals surface area contributed by atoms with E-state index < -0.39 is 10.0 Å². The zero-order valence-corrected chi connectivity index (χ0v) is 15.6. The maximum absolute atomic E-state index is 11.1. The quantitative estimate of drug-likeness (QED) is 0.736. The largest absolute Gasteiger partial charge is 0.373 e. The van der Waals surface area contributed by atoms with E-state index in [-0.39, 0.29) is 0 Å². The van der Waals surface area contributed by atoms with Crippen molar-refractivity contribution >= 4 is 10.0 Å². The van der Waals surface area contributed by atoms with Crippen molar-refractivity contribution in [1.82, 2.24) is 14.5 Å². The summed E-state index contributed by atoms with van der Waals surface area (Å²) < 4.78 is 30.5. The van der Waals surface area contributed by atoms with E-state index >= 15 is 0 Å². The topological polar surface area (TPSA) is 61.9 Å². The summed E-state index contributed by atoms with van der Waals surface area (Å²) in [6.07, 6.45) is 5.65. The van der Waals surface area contributed by atoms with Crippen LogP contribution in [0.25, 0.3) is 0 Å². The summed E-state index contributed by atoms with van der Waals surface area (Å²) in [5.74, 6) is 0.808. The van der Waals surface area contributed by atoms with Crippen LogP contribution in [0, 0.1) is 5.92 Å². The van der Waals surface area contributed by atoms with Crippen molar-refractivity contribution in [1.29, 1.82) is 0 Å². The van der Waals surface area contributed by atoms with Gasteiger partial charge in [0.05, 0.1) is 18.5 Å². The van der Waals surface area contributed by atoms with Crippen LogP contribution in [0.3, 0.4) is 0 Å². The molecule has 0 radical (unpaired) electrons. The lowest BCUT2D eigenvalue weighted by molar-refractivity contribution is -0.0693. The van der Waals surface area contributed by atoms with E-state index in [9.17, 15) is 8.42 Å². The molecule has 2 aliphatic heterocycles. The summed E-state index contributed by atoms with van der Waals surface area (Å²) in [6.45, 7) is 11.1. The van der Waals surface area contributed by atoms with Crippen molar-refractivity contribution in [2.75, 3.05) is 52.1 Å².